The van der Waals surface area contributed by atoms with Crippen LogP contribution in [0.25, 0.3) is 11.3 Å². The summed E-state index contributed by atoms with van der Waals surface area (Å²) < 4.78 is 1.81. The molecule has 7 heteroatoms. The number of hydrogen-bond acceptors (Lipinski definition) is 4. The van der Waals surface area contributed by atoms with Crippen LogP contribution in [0.1, 0.15) is 29.3 Å². The summed E-state index contributed by atoms with van der Waals surface area (Å²) in [6, 6.07) is 4.61. The number of aromatic carboxylic acids is 1. The molecule has 1 aromatic carbocycles. The largest absolute Gasteiger partial charge is 0.478 e. The fourth-order valence-corrected chi connectivity index (χ4v) is 2.44. The van der Waals surface area contributed by atoms with Crippen LogP contribution < -0.4 is 11.1 Å². The molecule has 27 heavy (non-hydrogen) atoms. The molecule has 0 bridgehead atoms. The number of primary amides is 1. The summed E-state index contributed by atoms with van der Waals surface area (Å²) in [5.41, 5.74) is 7.80. The predicted molar refractivity (Wildman–Crippen MR) is 105 cm³/mol. The fourth-order valence-electron chi connectivity index (χ4n) is 2.44. The Morgan fingerprint density at radius 2 is 2.22 bits per heavy atom. The van der Waals surface area contributed by atoms with Crippen molar-refractivity contribution in [1.82, 2.24) is 9.55 Å². The van der Waals surface area contributed by atoms with E-state index in [1.54, 1.807) is 30.9 Å². The molecule has 2 aromatic rings. The van der Waals surface area contributed by atoms with Crippen molar-refractivity contribution in [3.8, 4) is 12.3 Å². The molecule has 0 atom stereocenters. The number of nitrogens with two attached hydrogens (primary N) is 1. The number of rotatable bonds is 8. The third-order valence-electron chi connectivity index (χ3n) is 3.79. The standard InChI is InChI=1S/C20H20N4O3/c1-3-14(11-16(4-2)24-10-9-22-13-24)17-6-5-15(20(26)27)12-18(17)23-8-7-19(21)25/h1,4-6,9-13,23H,7-8H2,2H3,(H2,21,25)(H,26,27)/b14-11+,16-4+. The summed E-state index contributed by atoms with van der Waals surface area (Å²) in [7, 11) is 0. The lowest BCUT2D eigenvalue weighted by Crippen LogP contribution is -2.16. The minimum absolute atomic E-state index is 0.109. The smallest absolute Gasteiger partial charge is 0.335 e. The zero-order valence-electron chi connectivity index (χ0n) is 14.8. The van der Waals surface area contributed by atoms with Gasteiger partial charge in [-0.2, -0.15) is 0 Å². The van der Waals surface area contributed by atoms with E-state index in [0.29, 0.717) is 16.8 Å². The second-order valence-corrected chi connectivity index (χ2v) is 5.59. The number of nitrogens with one attached hydrogen (secondary N) is 1. The van der Waals surface area contributed by atoms with Crippen molar-refractivity contribution in [3.05, 3.63) is 60.2 Å². The highest BCUT2D eigenvalue weighted by Crippen LogP contribution is 2.27. The van der Waals surface area contributed by atoms with E-state index in [2.05, 4.69) is 16.2 Å². The van der Waals surface area contributed by atoms with Gasteiger partial charge >= 0.3 is 5.97 Å². The molecule has 2 rings (SSSR count). The van der Waals surface area contributed by atoms with E-state index in [4.69, 9.17) is 12.2 Å². The van der Waals surface area contributed by atoms with E-state index in [1.807, 2.05) is 17.6 Å². The van der Waals surface area contributed by atoms with Gasteiger partial charge in [-0.1, -0.05) is 18.1 Å². The van der Waals surface area contributed by atoms with Crippen LogP contribution in [0.5, 0.6) is 0 Å². The van der Waals surface area contributed by atoms with Crippen LogP contribution in [0, 0.1) is 12.3 Å². The molecular formula is C20H20N4O3. The van der Waals surface area contributed by atoms with Crippen LogP contribution in [-0.4, -0.2) is 33.1 Å². The quantitative estimate of drug-likeness (QED) is 0.492. The summed E-state index contributed by atoms with van der Waals surface area (Å²) >= 11 is 0. The lowest BCUT2D eigenvalue weighted by atomic mass is 10.0. The van der Waals surface area contributed by atoms with Crippen molar-refractivity contribution in [2.24, 2.45) is 5.73 Å². The third-order valence-corrected chi connectivity index (χ3v) is 3.79. The van der Waals surface area contributed by atoms with Gasteiger partial charge in [-0.3, -0.25) is 4.79 Å². The lowest BCUT2D eigenvalue weighted by molar-refractivity contribution is -0.117. The maximum Gasteiger partial charge on any atom is 0.335 e. The highest BCUT2D eigenvalue weighted by molar-refractivity contribution is 5.94. The SMILES string of the molecule is C#C/C(=C\C(=C/C)n1ccnc1)c1ccc(C(=O)O)cc1NCCC(N)=O. The topological polar surface area (TPSA) is 110 Å². The Morgan fingerprint density at radius 3 is 2.78 bits per heavy atom. The first-order valence-corrected chi connectivity index (χ1v) is 8.19. The van der Waals surface area contributed by atoms with E-state index in [0.717, 1.165) is 5.70 Å². The number of allylic oxidation sites excluding steroid dienone is 4. The molecule has 0 saturated heterocycles. The summed E-state index contributed by atoms with van der Waals surface area (Å²) in [5, 5.41) is 12.3. The molecule has 4 N–H and O–H groups in total. The maximum absolute atomic E-state index is 11.3. The molecule has 1 aromatic heterocycles. The van der Waals surface area contributed by atoms with Crippen molar-refractivity contribution in [3.63, 3.8) is 0 Å². The zero-order valence-corrected chi connectivity index (χ0v) is 14.8. The van der Waals surface area contributed by atoms with Crippen molar-refractivity contribution in [1.29, 1.82) is 0 Å². The number of carbonyl (C=O) groups is 2. The van der Waals surface area contributed by atoms with Gasteiger partial charge in [0.2, 0.25) is 5.91 Å². The maximum atomic E-state index is 11.3. The van der Waals surface area contributed by atoms with Gasteiger partial charge in [0, 0.05) is 47.9 Å². The molecule has 0 aliphatic carbocycles. The number of hydrogen-bond donors (Lipinski definition) is 3. The molecule has 138 valence electrons. The second-order valence-electron chi connectivity index (χ2n) is 5.59. The fraction of sp³-hybridized carbons (Fsp3) is 0.150. The number of terminal acetylenes is 1. The highest BCUT2D eigenvalue weighted by atomic mass is 16.4. The molecule has 0 fully saturated rings. The molecule has 0 radical (unpaired) electrons. The van der Waals surface area contributed by atoms with Crippen LogP contribution in [-0.2, 0) is 4.79 Å². The number of carboxylic acids is 1. The van der Waals surface area contributed by atoms with Gasteiger partial charge in [0.05, 0.1) is 11.9 Å². The van der Waals surface area contributed by atoms with E-state index in [-0.39, 0.29) is 18.5 Å². The van der Waals surface area contributed by atoms with Gasteiger partial charge in [-0.25, -0.2) is 9.78 Å². The molecule has 7 nitrogen and oxygen atoms in total. The summed E-state index contributed by atoms with van der Waals surface area (Å²) in [6.07, 6.45) is 14.6. The first-order valence-electron chi connectivity index (χ1n) is 8.19. The first kappa shape index (κ1) is 19.5. The van der Waals surface area contributed by atoms with Crippen molar-refractivity contribution in [2.75, 3.05) is 11.9 Å². The van der Waals surface area contributed by atoms with Crippen LogP contribution in [0.15, 0.2) is 49.1 Å². The Labute approximate surface area is 157 Å². The van der Waals surface area contributed by atoms with Crippen molar-refractivity contribution >= 4 is 28.8 Å². The van der Waals surface area contributed by atoms with E-state index >= 15 is 0 Å². The summed E-state index contributed by atoms with van der Waals surface area (Å²) in [4.78, 5) is 26.3. The van der Waals surface area contributed by atoms with E-state index in [9.17, 15) is 14.7 Å². The average molecular weight is 364 g/mol. The number of benzene rings is 1. The molecular weight excluding hydrogens is 344 g/mol. The minimum Gasteiger partial charge on any atom is -0.478 e. The number of nitrogens with zero attached hydrogens (tertiary/aromatic N) is 2. The average Bonchev–Trinajstić information content (AvgIpc) is 3.17. The van der Waals surface area contributed by atoms with E-state index in [1.165, 1.54) is 12.1 Å². The zero-order chi connectivity index (χ0) is 19.8. The van der Waals surface area contributed by atoms with Gasteiger partial charge in [0.15, 0.2) is 0 Å². The Bertz CT molecular complexity index is 935. The molecule has 1 heterocycles. The Morgan fingerprint density at radius 1 is 1.44 bits per heavy atom. The monoisotopic (exact) mass is 364 g/mol. The van der Waals surface area contributed by atoms with Gasteiger partial charge in [-0.15, -0.1) is 6.42 Å². The van der Waals surface area contributed by atoms with Gasteiger partial charge in [0.25, 0.3) is 0 Å². The molecule has 0 unspecified atom stereocenters. The van der Waals surface area contributed by atoms with Crippen LogP contribution in [0.2, 0.25) is 0 Å². The van der Waals surface area contributed by atoms with Gasteiger partial charge < -0.3 is 20.7 Å². The molecule has 0 saturated carbocycles. The Kier molecular flexibility index (Phi) is 6.55. The Hall–Kier alpha value is -3.79. The molecule has 1 amide bonds. The third kappa shape index (κ3) is 5.09. The minimum atomic E-state index is -1.06. The highest BCUT2D eigenvalue weighted by Gasteiger charge is 2.12. The van der Waals surface area contributed by atoms with Crippen LogP contribution in [0.4, 0.5) is 5.69 Å². The number of imidazole rings is 1. The second kappa shape index (κ2) is 9.06. The van der Waals surface area contributed by atoms with Gasteiger partial charge in [0.1, 0.15) is 0 Å². The number of aromatic nitrogens is 2. The normalized spacial score (nSPS) is 11.7. The van der Waals surface area contributed by atoms with Gasteiger partial charge in [-0.05, 0) is 25.1 Å². The number of carbonyl (C=O) groups excluding carboxylic acids is 1. The lowest BCUT2D eigenvalue weighted by Gasteiger charge is -2.13. The summed E-state index contributed by atoms with van der Waals surface area (Å²) in [6.45, 7) is 2.14. The first-order chi connectivity index (χ1) is 13.0. The molecule has 0 aliphatic rings. The van der Waals surface area contributed by atoms with E-state index < -0.39 is 11.9 Å². The predicted octanol–water partition coefficient (Wildman–Crippen LogP) is 2.45. The van der Waals surface area contributed by atoms with Crippen molar-refractivity contribution < 1.29 is 14.7 Å². The Balaban J connectivity index is 2.46. The number of carboxylic acid groups (broad SMARTS) is 1. The van der Waals surface area contributed by atoms with Crippen molar-refractivity contribution in [2.45, 2.75) is 13.3 Å². The molecule has 0 aliphatic heterocycles. The van der Waals surface area contributed by atoms with Crippen LogP contribution >= 0.6 is 0 Å². The number of amides is 1. The number of anilines is 1. The van der Waals surface area contributed by atoms with Crippen LogP contribution in [0.3, 0.4) is 0 Å². The summed E-state index contributed by atoms with van der Waals surface area (Å²) in [5.74, 6) is 1.13. The molecule has 0 spiro atoms.